The Labute approximate surface area is 197 Å². The zero-order valence-corrected chi connectivity index (χ0v) is 20.3. The number of hydrazone groups is 1. The van der Waals surface area contributed by atoms with Crippen molar-refractivity contribution in [1.29, 1.82) is 0 Å². The Morgan fingerprint density at radius 1 is 1.18 bits per heavy atom. The van der Waals surface area contributed by atoms with Crippen LogP contribution in [0.3, 0.4) is 0 Å². The number of sulfonamides is 1. The maximum Gasteiger partial charge on any atom is 0.243 e. The molecule has 2 aromatic carbocycles. The van der Waals surface area contributed by atoms with Crippen LogP contribution in [0.2, 0.25) is 0 Å². The third-order valence-corrected chi connectivity index (χ3v) is 7.74. The molecule has 1 N–H and O–H groups in total. The fraction of sp³-hybridized carbons (Fsp3) is 0.304. The third kappa shape index (κ3) is 5.41. The van der Waals surface area contributed by atoms with E-state index in [4.69, 9.17) is 9.47 Å². The number of nitrogens with zero attached hydrogens (tertiary/aromatic N) is 3. The Morgan fingerprint density at radius 3 is 2.70 bits per heavy atom. The first-order valence-electron chi connectivity index (χ1n) is 10.5. The van der Waals surface area contributed by atoms with E-state index in [9.17, 15) is 8.42 Å². The molecule has 2 atom stereocenters. The lowest BCUT2D eigenvalue weighted by Gasteiger charge is -2.34. The number of thiazole rings is 1. The van der Waals surface area contributed by atoms with Gasteiger partial charge >= 0.3 is 0 Å². The van der Waals surface area contributed by atoms with Gasteiger partial charge in [0, 0.05) is 29.6 Å². The van der Waals surface area contributed by atoms with E-state index in [2.05, 4.69) is 15.5 Å². The van der Waals surface area contributed by atoms with Crippen molar-refractivity contribution in [3.05, 3.63) is 59.5 Å². The maximum atomic E-state index is 13.2. The van der Waals surface area contributed by atoms with Crippen LogP contribution in [0.25, 0.3) is 11.3 Å². The van der Waals surface area contributed by atoms with Gasteiger partial charge < -0.3 is 9.47 Å². The van der Waals surface area contributed by atoms with Gasteiger partial charge in [-0.15, -0.1) is 11.3 Å². The number of para-hydroxylation sites is 1. The molecule has 174 valence electrons. The second kappa shape index (κ2) is 10.0. The molecule has 0 spiro atoms. The van der Waals surface area contributed by atoms with Crippen molar-refractivity contribution in [2.45, 2.75) is 31.0 Å². The van der Waals surface area contributed by atoms with Crippen molar-refractivity contribution in [3.8, 4) is 17.0 Å². The Hall–Kier alpha value is -2.79. The second-order valence-electron chi connectivity index (χ2n) is 7.76. The quantitative estimate of drug-likeness (QED) is 0.400. The summed E-state index contributed by atoms with van der Waals surface area (Å²) < 4.78 is 38.9. The number of hydrogen-bond donors (Lipinski definition) is 1. The fourth-order valence-electron chi connectivity index (χ4n) is 3.68. The van der Waals surface area contributed by atoms with Gasteiger partial charge in [-0.2, -0.15) is 9.41 Å². The molecular formula is C23H26N4O4S2. The predicted octanol–water partition coefficient (Wildman–Crippen LogP) is 4.06. The minimum Gasteiger partial charge on any atom is -0.496 e. The molecule has 2 unspecified atom stereocenters. The highest BCUT2D eigenvalue weighted by Gasteiger charge is 2.32. The van der Waals surface area contributed by atoms with E-state index in [1.165, 1.54) is 15.6 Å². The molecular weight excluding hydrogens is 460 g/mol. The predicted molar refractivity (Wildman–Crippen MR) is 131 cm³/mol. The highest BCUT2D eigenvalue weighted by Crippen LogP contribution is 2.28. The standard InChI is InChI=1S/C23H26N4O4S2/c1-16-13-27(14-17(2)31-16)33(28,29)20-9-6-8-18(11-20)21-15-32-23(25-21)26-24-12-19-7-4-5-10-22(19)30-3/h4-12,15-17H,13-14H2,1-3H3,(H,25,26)/b24-12+. The van der Waals surface area contributed by atoms with Crippen LogP contribution in [0.1, 0.15) is 19.4 Å². The number of aromatic nitrogens is 1. The third-order valence-electron chi connectivity index (χ3n) is 5.16. The van der Waals surface area contributed by atoms with Crippen LogP contribution in [0.5, 0.6) is 5.75 Å². The molecule has 4 rings (SSSR count). The van der Waals surface area contributed by atoms with Gasteiger partial charge in [0.2, 0.25) is 15.2 Å². The van der Waals surface area contributed by atoms with Crippen LogP contribution < -0.4 is 10.2 Å². The molecule has 33 heavy (non-hydrogen) atoms. The van der Waals surface area contributed by atoms with Crippen molar-refractivity contribution in [3.63, 3.8) is 0 Å². The lowest BCUT2D eigenvalue weighted by atomic mass is 10.2. The van der Waals surface area contributed by atoms with Gasteiger partial charge in [0.05, 0.1) is 36.1 Å². The van der Waals surface area contributed by atoms with E-state index in [0.717, 1.165) is 16.9 Å². The average Bonchev–Trinajstić information content (AvgIpc) is 3.28. The summed E-state index contributed by atoms with van der Waals surface area (Å²) in [6, 6.07) is 14.4. The monoisotopic (exact) mass is 486 g/mol. The first-order valence-corrected chi connectivity index (χ1v) is 12.8. The summed E-state index contributed by atoms with van der Waals surface area (Å²) in [7, 11) is -2.01. The SMILES string of the molecule is COc1ccccc1/C=N/Nc1nc(-c2cccc(S(=O)(=O)N3CC(C)OC(C)C3)c2)cs1. The van der Waals surface area contributed by atoms with E-state index in [1.807, 2.05) is 49.6 Å². The van der Waals surface area contributed by atoms with Gasteiger partial charge in [0.1, 0.15) is 5.75 Å². The number of morpholine rings is 1. The Bertz CT molecular complexity index is 1230. The van der Waals surface area contributed by atoms with Crippen LogP contribution >= 0.6 is 11.3 Å². The molecule has 0 bridgehead atoms. The van der Waals surface area contributed by atoms with Crippen molar-refractivity contribution in [2.75, 3.05) is 25.6 Å². The number of nitrogens with one attached hydrogen (secondary N) is 1. The minimum atomic E-state index is -3.63. The summed E-state index contributed by atoms with van der Waals surface area (Å²) in [5.74, 6) is 0.727. The maximum absolute atomic E-state index is 13.2. The fourth-order valence-corrected chi connectivity index (χ4v) is 5.99. The highest BCUT2D eigenvalue weighted by molar-refractivity contribution is 7.89. The average molecular weight is 487 g/mol. The molecule has 1 aliphatic heterocycles. The zero-order chi connectivity index (χ0) is 23.4. The van der Waals surface area contributed by atoms with E-state index >= 15 is 0 Å². The molecule has 1 aliphatic rings. The molecule has 0 radical (unpaired) electrons. The van der Waals surface area contributed by atoms with E-state index in [1.54, 1.807) is 31.5 Å². The molecule has 0 amide bonds. The largest absolute Gasteiger partial charge is 0.496 e. The number of anilines is 1. The van der Waals surface area contributed by atoms with Crippen LogP contribution in [0, 0.1) is 0 Å². The van der Waals surface area contributed by atoms with Crippen molar-refractivity contribution < 1.29 is 17.9 Å². The Kier molecular flexibility index (Phi) is 7.08. The van der Waals surface area contributed by atoms with Crippen LogP contribution in [0.15, 0.2) is 63.9 Å². The van der Waals surface area contributed by atoms with Gasteiger partial charge in [-0.3, -0.25) is 5.43 Å². The van der Waals surface area contributed by atoms with Gasteiger partial charge in [0.25, 0.3) is 0 Å². The molecule has 3 aromatic rings. The summed E-state index contributed by atoms with van der Waals surface area (Å²) in [5, 5.41) is 6.70. The molecule has 0 aliphatic carbocycles. The molecule has 8 nitrogen and oxygen atoms in total. The second-order valence-corrected chi connectivity index (χ2v) is 10.6. The lowest BCUT2D eigenvalue weighted by molar-refractivity contribution is -0.0440. The summed E-state index contributed by atoms with van der Waals surface area (Å²) in [6.45, 7) is 4.45. The molecule has 1 aromatic heterocycles. The molecule has 2 heterocycles. The topological polar surface area (TPSA) is 93.1 Å². The zero-order valence-electron chi connectivity index (χ0n) is 18.6. The highest BCUT2D eigenvalue weighted by atomic mass is 32.2. The number of rotatable bonds is 7. The van der Waals surface area contributed by atoms with E-state index in [-0.39, 0.29) is 17.1 Å². The van der Waals surface area contributed by atoms with Crippen LogP contribution in [-0.2, 0) is 14.8 Å². The normalized spacial score (nSPS) is 19.6. The van der Waals surface area contributed by atoms with E-state index < -0.39 is 10.0 Å². The number of benzene rings is 2. The lowest BCUT2D eigenvalue weighted by Crippen LogP contribution is -2.48. The summed E-state index contributed by atoms with van der Waals surface area (Å²) in [4.78, 5) is 4.80. The molecule has 1 fully saturated rings. The minimum absolute atomic E-state index is 0.143. The van der Waals surface area contributed by atoms with Gasteiger partial charge in [0.15, 0.2) is 0 Å². The smallest absolute Gasteiger partial charge is 0.243 e. The first kappa shape index (κ1) is 23.4. The number of methoxy groups -OCH3 is 1. The summed E-state index contributed by atoms with van der Waals surface area (Å²) in [5.41, 5.74) is 5.17. The number of ether oxygens (including phenoxy) is 2. The van der Waals surface area contributed by atoms with E-state index in [0.29, 0.717) is 23.9 Å². The Balaban J connectivity index is 1.50. The van der Waals surface area contributed by atoms with Gasteiger partial charge in [-0.05, 0) is 38.1 Å². The molecule has 0 saturated carbocycles. The van der Waals surface area contributed by atoms with Crippen molar-refractivity contribution in [1.82, 2.24) is 9.29 Å². The first-order chi connectivity index (χ1) is 15.9. The van der Waals surface area contributed by atoms with Gasteiger partial charge in [-0.1, -0.05) is 24.3 Å². The van der Waals surface area contributed by atoms with Crippen molar-refractivity contribution >= 4 is 32.7 Å². The van der Waals surface area contributed by atoms with Crippen LogP contribution in [0.4, 0.5) is 5.13 Å². The van der Waals surface area contributed by atoms with Crippen LogP contribution in [-0.4, -0.2) is 56.3 Å². The molecule has 10 heteroatoms. The number of hydrogen-bond acceptors (Lipinski definition) is 8. The Morgan fingerprint density at radius 2 is 1.94 bits per heavy atom. The van der Waals surface area contributed by atoms with Gasteiger partial charge in [-0.25, -0.2) is 13.4 Å². The molecule has 1 saturated heterocycles. The summed E-state index contributed by atoms with van der Waals surface area (Å²) in [6.07, 6.45) is 1.38. The summed E-state index contributed by atoms with van der Waals surface area (Å²) >= 11 is 1.39. The van der Waals surface area contributed by atoms with Crippen molar-refractivity contribution in [2.24, 2.45) is 5.10 Å².